The van der Waals surface area contributed by atoms with Gasteiger partial charge in [-0.15, -0.1) is 0 Å². The van der Waals surface area contributed by atoms with Crippen LogP contribution >= 0.6 is 0 Å². The lowest BCUT2D eigenvalue weighted by Crippen LogP contribution is -2.06. The van der Waals surface area contributed by atoms with E-state index in [0.29, 0.717) is 17.9 Å². The molecule has 6 nitrogen and oxygen atoms in total. The summed E-state index contributed by atoms with van der Waals surface area (Å²) in [6.45, 7) is 2.61. The van der Waals surface area contributed by atoms with Crippen LogP contribution in [0.2, 0.25) is 0 Å². The maximum atomic E-state index is 11.4. The predicted octanol–water partition coefficient (Wildman–Crippen LogP) is 1.52. The van der Waals surface area contributed by atoms with Crippen LogP contribution in [-0.2, 0) is 18.3 Å². The zero-order chi connectivity index (χ0) is 13.8. The van der Waals surface area contributed by atoms with Crippen molar-refractivity contribution in [3.63, 3.8) is 0 Å². The smallest absolute Gasteiger partial charge is 0.338 e. The normalized spacial score (nSPS) is 10.3. The van der Waals surface area contributed by atoms with E-state index in [1.54, 1.807) is 18.3 Å². The molecule has 0 radical (unpaired) electrons. The third kappa shape index (κ3) is 2.90. The fourth-order valence-corrected chi connectivity index (χ4v) is 1.68. The highest BCUT2D eigenvalue weighted by atomic mass is 16.5. The maximum absolute atomic E-state index is 11.4. The number of carbonyl (C=O) groups excluding carboxylic acids is 1. The Hall–Kier alpha value is -2.37. The third-order valence-electron chi connectivity index (χ3n) is 2.98. The minimum atomic E-state index is -0.372. The van der Waals surface area contributed by atoms with E-state index in [4.69, 9.17) is 0 Å². The van der Waals surface area contributed by atoms with Crippen LogP contribution in [0.4, 0.5) is 5.82 Å². The van der Waals surface area contributed by atoms with Crippen LogP contribution in [0.1, 0.15) is 21.6 Å². The van der Waals surface area contributed by atoms with Crippen LogP contribution in [0.3, 0.4) is 0 Å². The van der Waals surface area contributed by atoms with Gasteiger partial charge in [0.15, 0.2) is 0 Å². The van der Waals surface area contributed by atoms with E-state index >= 15 is 0 Å². The SMILES string of the molecule is COC(=O)c1ccnc(NCc2cnn(C)c2C)c1. The second-order valence-electron chi connectivity index (χ2n) is 4.15. The zero-order valence-corrected chi connectivity index (χ0v) is 11.2. The van der Waals surface area contributed by atoms with Gasteiger partial charge in [-0.3, -0.25) is 4.68 Å². The van der Waals surface area contributed by atoms with Gasteiger partial charge in [0.2, 0.25) is 0 Å². The number of aryl methyl sites for hydroxylation is 1. The number of nitrogens with zero attached hydrogens (tertiary/aromatic N) is 3. The van der Waals surface area contributed by atoms with Gasteiger partial charge < -0.3 is 10.1 Å². The fraction of sp³-hybridized carbons (Fsp3) is 0.308. The van der Waals surface area contributed by atoms with E-state index in [1.165, 1.54) is 7.11 Å². The zero-order valence-electron chi connectivity index (χ0n) is 11.2. The molecule has 0 aliphatic heterocycles. The van der Waals surface area contributed by atoms with Gasteiger partial charge >= 0.3 is 5.97 Å². The molecule has 0 fully saturated rings. The number of rotatable bonds is 4. The Morgan fingerprint density at radius 3 is 2.95 bits per heavy atom. The molecule has 0 unspecified atom stereocenters. The number of anilines is 1. The molecule has 19 heavy (non-hydrogen) atoms. The first kappa shape index (κ1) is 13.1. The van der Waals surface area contributed by atoms with Gasteiger partial charge in [-0.2, -0.15) is 5.10 Å². The van der Waals surface area contributed by atoms with E-state index < -0.39 is 0 Å². The second-order valence-corrected chi connectivity index (χ2v) is 4.15. The molecular formula is C13H16N4O2. The molecule has 6 heteroatoms. The molecule has 0 aromatic carbocycles. The molecule has 0 saturated heterocycles. The molecule has 0 aliphatic rings. The molecular weight excluding hydrogens is 244 g/mol. The molecule has 0 bridgehead atoms. The number of ether oxygens (including phenoxy) is 1. The van der Waals surface area contributed by atoms with E-state index in [0.717, 1.165) is 11.3 Å². The average molecular weight is 260 g/mol. The van der Waals surface area contributed by atoms with E-state index in [1.807, 2.05) is 24.9 Å². The van der Waals surface area contributed by atoms with Gasteiger partial charge in [0.1, 0.15) is 5.82 Å². The summed E-state index contributed by atoms with van der Waals surface area (Å²) in [5.74, 6) is 0.258. The van der Waals surface area contributed by atoms with Crippen molar-refractivity contribution in [2.24, 2.45) is 7.05 Å². The Bertz CT molecular complexity index is 592. The number of esters is 1. The summed E-state index contributed by atoms with van der Waals surface area (Å²) in [7, 11) is 3.25. The quantitative estimate of drug-likeness (QED) is 0.844. The molecule has 2 aromatic heterocycles. The minimum absolute atomic E-state index is 0.372. The molecule has 0 saturated carbocycles. The lowest BCUT2D eigenvalue weighted by Gasteiger charge is -2.06. The van der Waals surface area contributed by atoms with Crippen LogP contribution in [0, 0.1) is 6.92 Å². The summed E-state index contributed by atoms with van der Waals surface area (Å²) >= 11 is 0. The monoisotopic (exact) mass is 260 g/mol. The molecule has 0 spiro atoms. The molecule has 0 aliphatic carbocycles. The van der Waals surface area contributed by atoms with Crippen molar-refractivity contribution in [3.8, 4) is 0 Å². The number of aromatic nitrogens is 3. The predicted molar refractivity (Wildman–Crippen MR) is 70.8 cm³/mol. The van der Waals surface area contributed by atoms with Gasteiger partial charge in [0, 0.05) is 31.0 Å². The number of hydrogen-bond acceptors (Lipinski definition) is 5. The van der Waals surface area contributed by atoms with Crippen molar-refractivity contribution in [3.05, 3.63) is 41.3 Å². The Balaban J connectivity index is 2.07. The van der Waals surface area contributed by atoms with Crippen LogP contribution < -0.4 is 5.32 Å². The molecule has 2 rings (SSSR count). The summed E-state index contributed by atoms with van der Waals surface area (Å²) in [6.07, 6.45) is 3.39. The Morgan fingerprint density at radius 1 is 1.53 bits per heavy atom. The molecule has 2 heterocycles. The summed E-state index contributed by atoms with van der Waals surface area (Å²) < 4.78 is 6.48. The first-order chi connectivity index (χ1) is 9.11. The van der Waals surface area contributed by atoms with Crippen LogP contribution in [0.15, 0.2) is 24.5 Å². The Kier molecular flexibility index (Phi) is 3.79. The first-order valence-corrected chi connectivity index (χ1v) is 5.87. The number of nitrogens with one attached hydrogen (secondary N) is 1. The highest BCUT2D eigenvalue weighted by molar-refractivity contribution is 5.89. The number of carbonyl (C=O) groups is 1. The second kappa shape index (κ2) is 5.51. The van der Waals surface area contributed by atoms with Crippen molar-refractivity contribution in [2.75, 3.05) is 12.4 Å². The Morgan fingerprint density at radius 2 is 2.32 bits per heavy atom. The fourth-order valence-electron chi connectivity index (χ4n) is 1.68. The molecule has 2 aromatic rings. The average Bonchev–Trinajstić information content (AvgIpc) is 2.76. The number of pyridine rings is 1. The van der Waals surface area contributed by atoms with Crippen molar-refractivity contribution in [2.45, 2.75) is 13.5 Å². The summed E-state index contributed by atoms with van der Waals surface area (Å²) in [5, 5.41) is 7.33. The maximum Gasteiger partial charge on any atom is 0.338 e. The molecule has 100 valence electrons. The van der Waals surface area contributed by atoms with Gasteiger partial charge in [0.05, 0.1) is 18.9 Å². The highest BCUT2D eigenvalue weighted by Gasteiger charge is 2.07. The minimum Gasteiger partial charge on any atom is -0.465 e. The summed E-state index contributed by atoms with van der Waals surface area (Å²) in [5.41, 5.74) is 2.66. The van der Waals surface area contributed by atoms with Gasteiger partial charge in [-0.25, -0.2) is 9.78 Å². The number of hydrogen-bond donors (Lipinski definition) is 1. The van der Waals surface area contributed by atoms with E-state index in [2.05, 4.69) is 20.1 Å². The highest BCUT2D eigenvalue weighted by Crippen LogP contribution is 2.11. The topological polar surface area (TPSA) is 69.0 Å². The lowest BCUT2D eigenvalue weighted by molar-refractivity contribution is 0.0600. The third-order valence-corrected chi connectivity index (χ3v) is 2.98. The standard InChI is InChI=1S/C13H16N4O2/c1-9-11(8-16-17(9)2)7-15-12-6-10(4-5-14-12)13(18)19-3/h4-6,8H,7H2,1-3H3,(H,14,15). The van der Waals surface area contributed by atoms with Crippen LogP contribution in [-0.4, -0.2) is 27.8 Å². The van der Waals surface area contributed by atoms with Crippen molar-refractivity contribution in [1.29, 1.82) is 0 Å². The van der Waals surface area contributed by atoms with Gasteiger partial charge in [-0.05, 0) is 19.1 Å². The molecule has 0 amide bonds. The first-order valence-electron chi connectivity index (χ1n) is 5.87. The molecule has 1 N–H and O–H groups in total. The van der Waals surface area contributed by atoms with Crippen LogP contribution in [0.5, 0.6) is 0 Å². The van der Waals surface area contributed by atoms with Crippen molar-refractivity contribution in [1.82, 2.24) is 14.8 Å². The van der Waals surface area contributed by atoms with Crippen LogP contribution in [0.25, 0.3) is 0 Å². The van der Waals surface area contributed by atoms with Gasteiger partial charge in [-0.1, -0.05) is 0 Å². The number of methoxy groups -OCH3 is 1. The van der Waals surface area contributed by atoms with Gasteiger partial charge in [0.25, 0.3) is 0 Å². The van der Waals surface area contributed by atoms with E-state index in [-0.39, 0.29) is 5.97 Å². The van der Waals surface area contributed by atoms with Crippen molar-refractivity contribution < 1.29 is 9.53 Å². The molecule has 0 atom stereocenters. The summed E-state index contributed by atoms with van der Waals surface area (Å²) in [4.78, 5) is 15.6. The lowest BCUT2D eigenvalue weighted by atomic mass is 10.2. The van der Waals surface area contributed by atoms with E-state index in [9.17, 15) is 4.79 Å². The van der Waals surface area contributed by atoms with Crippen molar-refractivity contribution >= 4 is 11.8 Å². The summed E-state index contributed by atoms with van der Waals surface area (Å²) in [6, 6.07) is 3.28. The Labute approximate surface area is 111 Å². The largest absolute Gasteiger partial charge is 0.465 e.